The zero-order valence-corrected chi connectivity index (χ0v) is 9.58. The molecule has 0 aromatic heterocycles. The van der Waals surface area contributed by atoms with Crippen molar-refractivity contribution in [3.05, 3.63) is 0 Å². The van der Waals surface area contributed by atoms with Crippen LogP contribution in [0.5, 0.6) is 0 Å². The third-order valence-electron chi connectivity index (χ3n) is 1.80. The molecule has 0 fully saturated rings. The van der Waals surface area contributed by atoms with Crippen molar-refractivity contribution in [2.24, 2.45) is 0 Å². The average Bonchev–Trinajstić information content (AvgIpc) is 1.52. The predicted octanol–water partition coefficient (Wildman–Crippen LogP) is 3.52. The van der Waals surface area contributed by atoms with Gasteiger partial charge in [0.15, 0.2) is 0 Å². The fourth-order valence-electron chi connectivity index (χ4n) is 0.411. The molecule has 0 heterocycles. The van der Waals surface area contributed by atoms with E-state index in [1.807, 2.05) is 22.6 Å². The molecule has 0 aliphatic rings. The highest BCUT2D eigenvalue weighted by Gasteiger charge is 2.45. The molecule has 12 heavy (non-hydrogen) atoms. The second-order valence-electron chi connectivity index (χ2n) is 3.53. The van der Waals surface area contributed by atoms with Crippen LogP contribution in [-0.4, -0.2) is 15.4 Å². The third-order valence-corrected chi connectivity index (χ3v) is 3.10. The largest absolute Gasteiger partial charge is 0.523 e. The summed E-state index contributed by atoms with van der Waals surface area (Å²) in [5.41, 5.74) is -1.22. The maximum absolute atomic E-state index is 11.9. The first kappa shape index (κ1) is 12.5. The summed E-state index contributed by atoms with van der Waals surface area (Å²) in [6.45, 7) is 6.23. The summed E-state index contributed by atoms with van der Waals surface area (Å²) in [5.74, 6) is 0. The summed E-state index contributed by atoms with van der Waals surface area (Å²) in [6, 6.07) is 0. The molecule has 0 aromatic carbocycles. The molecule has 0 unspecified atom stereocenters. The van der Waals surface area contributed by atoms with E-state index in [4.69, 9.17) is 0 Å². The van der Waals surface area contributed by atoms with Gasteiger partial charge in [0, 0.05) is 3.42 Å². The molecule has 0 amide bonds. The summed E-state index contributed by atoms with van der Waals surface area (Å²) in [7, 11) is 0. The fraction of sp³-hybridized carbons (Fsp3) is 1.00. The van der Waals surface area contributed by atoms with Crippen molar-refractivity contribution in [2.75, 3.05) is 0 Å². The van der Waals surface area contributed by atoms with Gasteiger partial charge in [-0.25, -0.2) is 0 Å². The third kappa shape index (κ3) is 3.93. The second-order valence-corrected chi connectivity index (χ2v) is 6.23. The van der Waals surface area contributed by atoms with Crippen molar-refractivity contribution in [1.82, 2.24) is 0 Å². The van der Waals surface area contributed by atoms with Crippen LogP contribution in [0.25, 0.3) is 0 Å². The van der Waals surface area contributed by atoms with Crippen molar-refractivity contribution in [2.45, 2.75) is 43.1 Å². The Labute approximate surface area is 83.8 Å². The monoisotopic (exact) mass is 296 g/mol. The van der Waals surface area contributed by atoms with Gasteiger partial charge in [-0.2, -0.15) is 0 Å². The van der Waals surface area contributed by atoms with Gasteiger partial charge in [0.25, 0.3) is 0 Å². The molecule has 0 rings (SSSR count). The van der Waals surface area contributed by atoms with E-state index in [-0.39, 0.29) is 0 Å². The highest BCUT2D eigenvalue weighted by atomic mass is 127. The van der Waals surface area contributed by atoms with E-state index in [0.29, 0.717) is 0 Å². The van der Waals surface area contributed by atoms with Crippen LogP contribution in [0, 0.1) is 0 Å². The van der Waals surface area contributed by atoms with Gasteiger partial charge in [0.2, 0.25) is 0 Å². The maximum atomic E-state index is 11.9. The minimum atomic E-state index is -4.56. The van der Waals surface area contributed by atoms with Crippen molar-refractivity contribution < 1.29 is 17.9 Å². The van der Waals surface area contributed by atoms with Gasteiger partial charge < -0.3 is 0 Å². The Bertz CT molecular complexity index is 157. The number of hydrogen-bond acceptors (Lipinski definition) is 1. The molecule has 0 bridgehead atoms. The average molecular weight is 296 g/mol. The zero-order valence-electron chi connectivity index (χ0n) is 7.42. The lowest BCUT2D eigenvalue weighted by molar-refractivity contribution is -0.363. The number of alkyl halides is 4. The Morgan fingerprint density at radius 3 is 1.42 bits per heavy atom. The fourth-order valence-corrected chi connectivity index (χ4v) is 0.521. The first-order chi connectivity index (χ1) is 4.96. The minimum absolute atomic E-state index is 0.569. The topological polar surface area (TPSA) is 9.23 Å². The number of hydrogen-bond donors (Lipinski definition) is 0. The molecule has 74 valence electrons. The van der Waals surface area contributed by atoms with Gasteiger partial charge >= 0.3 is 6.36 Å². The maximum Gasteiger partial charge on any atom is 0.523 e. The van der Waals surface area contributed by atoms with E-state index >= 15 is 0 Å². The molecule has 0 radical (unpaired) electrons. The van der Waals surface area contributed by atoms with E-state index in [2.05, 4.69) is 4.74 Å². The molecule has 5 heteroatoms. The first-order valence-electron chi connectivity index (χ1n) is 3.41. The van der Waals surface area contributed by atoms with Crippen molar-refractivity contribution >= 4 is 22.6 Å². The van der Waals surface area contributed by atoms with E-state index in [1.165, 1.54) is 13.8 Å². The summed E-state index contributed by atoms with van der Waals surface area (Å²) in [5, 5.41) is 0. The van der Waals surface area contributed by atoms with E-state index in [9.17, 15) is 13.2 Å². The van der Waals surface area contributed by atoms with Crippen LogP contribution < -0.4 is 0 Å². The van der Waals surface area contributed by atoms with Crippen LogP contribution in [0.4, 0.5) is 13.2 Å². The molecular weight excluding hydrogens is 284 g/mol. The van der Waals surface area contributed by atoms with E-state index < -0.39 is 15.4 Å². The Balaban J connectivity index is 4.44. The SMILES string of the molecule is CC(C)(I)C(C)(C)OC(F)(F)F. The molecule has 0 saturated heterocycles. The van der Waals surface area contributed by atoms with Gasteiger partial charge in [0.05, 0.1) is 5.60 Å². The van der Waals surface area contributed by atoms with Gasteiger partial charge in [-0.3, -0.25) is 4.74 Å². The van der Waals surface area contributed by atoms with Crippen molar-refractivity contribution in [3.8, 4) is 0 Å². The number of rotatable bonds is 2. The van der Waals surface area contributed by atoms with Crippen LogP contribution in [0.2, 0.25) is 0 Å². The summed E-state index contributed by atoms with van der Waals surface area (Å²) in [6.07, 6.45) is -4.56. The van der Waals surface area contributed by atoms with Crippen LogP contribution in [0.3, 0.4) is 0 Å². The van der Waals surface area contributed by atoms with Gasteiger partial charge in [-0.1, -0.05) is 22.6 Å². The molecule has 0 N–H and O–H groups in total. The Hall–Kier alpha value is 0.480. The molecule has 0 saturated carbocycles. The highest BCUT2D eigenvalue weighted by molar-refractivity contribution is 14.1. The molecular formula is C7H12F3IO. The zero-order chi connectivity index (χ0) is 10.2. The number of ether oxygens (including phenoxy) is 1. The highest BCUT2D eigenvalue weighted by Crippen LogP contribution is 2.38. The van der Waals surface area contributed by atoms with Crippen LogP contribution >= 0.6 is 22.6 Å². The Morgan fingerprint density at radius 1 is 1.00 bits per heavy atom. The molecule has 0 spiro atoms. The van der Waals surface area contributed by atoms with E-state index in [1.54, 1.807) is 13.8 Å². The summed E-state index contributed by atoms with van der Waals surface area (Å²) < 4.78 is 39.0. The van der Waals surface area contributed by atoms with Crippen LogP contribution in [-0.2, 0) is 4.74 Å². The lowest BCUT2D eigenvalue weighted by atomic mass is 9.95. The Morgan fingerprint density at radius 2 is 1.33 bits per heavy atom. The second kappa shape index (κ2) is 3.32. The molecule has 1 nitrogen and oxygen atoms in total. The first-order valence-corrected chi connectivity index (χ1v) is 4.49. The quantitative estimate of drug-likeness (QED) is 0.559. The minimum Gasteiger partial charge on any atom is -0.284 e. The lowest BCUT2D eigenvalue weighted by Crippen LogP contribution is -2.46. The van der Waals surface area contributed by atoms with E-state index in [0.717, 1.165) is 0 Å². The summed E-state index contributed by atoms with van der Waals surface area (Å²) >= 11 is 1.93. The smallest absolute Gasteiger partial charge is 0.284 e. The van der Waals surface area contributed by atoms with Gasteiger partial charge in [-0.05, 0) is 27.7 Å². The van der Waals surface area contributed by atoms with Crippen LogP contribution in [0.15, 0.2) is 0 Å². The number of halogens is 4. The van der Waals surface area contributed by atoms with Crippen molar-refractivity contribution in [1.29, 1.82) is 0 Å². The van der Waals surface area contributed by atoms with Crippen molar-refractivity contribution in [3.63, 3.8) is 0 Å². The Kier molecular flexibility index (Phi) is 3.46. The molecule has 0 aliphatic heterocycles. The van der Waals surface area contributed by atoms with Crippen LogP contribution in [0.1, 0.15) is 27.7 Å². The van der Waals surface area contributed by atoms with Gasteiger partial charge in [0.1, 0.15) is 0 Å². The van der Waals surface area contributed by atoms with Gasteiger partial charge in [-0.15, -0.1) is 13.2 Å². The molecule has 0 aromatic rings. The summed E-state index contributed by atoms with van der Waals surface area (Å²) in [4.78, 5) is 0. The standard InChI is InChI=1S/C7H12F3IO/c1-5(2,11)6(3,4)12-7(8,9)10/h1-4H3. The molecule has 0 aliphatic carbocycles. The molecule has 0 atom stereocenters. The predicted molar refractivity (Wildman–Crippen MR) is 49.3 cm³/mol. The normalized spacial score (nSPS) is 15.0. The lowest BCUT2D eigenvalue weighted by Gasteiger charge is -2.37.